The normalized spacial score (nSPS) is 13.9. The maximum Gasteiger partial charge on any atom is 0.172 e. The van der Waals surface area contributed by atoms with E-state index in [9.17, 15) is 4.79 Å². The summed E-state index contributed by atoms with van der Waals surface area (Å²) in [6, 6.07) is 5.21. The van der Waals surface area contributed by atoms with Crippen LogP contribution >= 0.6 is 0 Å². The fourth-order valence-corrected chi connectivity index (χ4v) is 2.06. The SMILES string of the molecule is Nc1cc(-c2ccc(C=O)c3c2OCCCO3)[nH]n1. The van der Waals surface area contributed by atoms with Crippen LogP contribution in [0, 0.1) is 0 Å². The summed E-state index contributed by atoms with van der Waals surface area (Å²) in [5.74, 6) is 1.45. The van der Waals surface area contributed by atoms with Crippen molar-refractivity contribution >= 4 is 12.1 Å². The number of hydrogen-bond acceptors (Lipinski definition) is 5. The minimum Gasteiger partial charge on any atom is -0.489 e. The van der Waals surface area contributed by atoms with Gasteiger partial charge in [-0.1, -0.05) is 0 Å². The number of nitrogen functional groups attached to an aromatic ring is 1. The number of carbonyl (C=O) groups excluding carboxylic acids is 1. The van der Waals surface area contributed by atoms with E-state index < -0.39 is 0 Å². The summed E-state index contributed by atoms with van der Waals surface area (Å²) in [7, 11) is 0. The molecular weight excluding hydrogens is 246 g/mol. The maximum atomic E-state index is 11.1. The highest BCUT2D eigenvalue weighted by Crippen LogP contribution is 2.41. The number of rotatable bonds is 2. The van der Waals surface area contributed by atoms with Crippen molar-refractivity contribution in [2.24, 2.45) is 0 Å². The van der Waals surface area contributed by atoms with E-state index in [1.54, 1.807) is 18.2 Å². The lowest BCUT2D eigenvalue weighted by molar-refractivity contribution is 0.111. The number of anilines is 1. The molecule has 6 nitrogen and oxygen atoms in total. The summed E-state index contributed by atoms with van der Waals surface area (Å²) in [5.41, 5.74) is 7.61. The summed E-state index contributed by atoms with van der Waals surface area (Å²) in [6.07, 6.45) is 1.54. The topological polar surface area (TPSA) is 90.2 Å². The van der Waals surface area contributed by atoms with Crippen molar-refractivity contribution in [3.05, 3.63) is 23.8 Å². The molecule has 19 heavy (non-hydrogen) atoms. The third-order valence-electron chi connectivity index (χ3n) is 2.94. The number of fused-ring (bicyclic) bond motifs is 1. The standard InChI is InChI=1S/C13H13N3O3/c14-11-6-10(15-16-11)9-3-2-8(7-17)12-13(9)19-5-1-4-18-12/h2-3,6-7H,1,4-5H2,(H3,14,15,16). The summed E-state index contributed by atoms with van der Waals surface area (Å²) >= 11 is 0. The van der Waals surface area contributed by atoms with Gasteiger partial charge in [-0.25, -0.2) is 0 Å². The molecule has 0 aliphatic carbocycles. The summed E-state index contributed by atoms with van der Waals surface area (Å²) < 4.78 is 11.3. The Kier molecular flexibility index (Phi) is 2.83. The minimum atomic E-state index is 0.401. The number of hydrogen-bond donors (Lipinski definition) is 2. The van der Waals surface area contributed by atoms with Crippen molar-refractivity contribution in [1.82, 2.24) is 10.2 Å². The fourth-order valence-electron chi connectivity index (χ4n) is 2.06. The lowest BCUT2D eigenvalue weighted by Gasteiger charge is -2.13. The first kappa shape index (κ1) is 11.6. The molecule has 1 aromatic heterocycles. The van der Waals surface area contributed by atoms with Gasteiger partial charge in [0, 0.05) is 18.1 Å². The molecule has 98 valence electrons. The molecule has 0 fully saturated rings. The lowest BCUT2D eigenvalue weighted by Crippen LogP contribution is -1.98. The molecule has 0 bridgehead atoms. The Labute approximate surface area is 109 Å². The molecule has 0 atom stereocenters. The van der Waals surface area contributed by atoms with Gasteiger partial charge in [0.15, 0.2) is 17.8 Å². The van der Waals surface area contributed by atoms with E-state index in [0.29, 0.717) is 36.1 Å². The van der Waals surface area contributed by atoms with Crippen LogP contribution in [0.25, 0.3) is 11.3 Å². The molecule has 0 unspecified atom stereocenters. The molecule has 0 saturated carbocycles. The number of aromatic amines is 1. The van der Waals surface area contributed by atoms with Crippen LogP contribution in [0.2, 0.25) is 0 Å². The summed E-state index contributed by atoms with van der Waals surface area (Å²) in [4.78, 5) is 11.1. The smallest absolute Gasteiger partial charge is 0.172 e. The van der Waals surface area contributed by atoms with Crippen molar-refractivity contribution < 1.29 is 14.3 Å². The molecule has 1 aromatic carbocycles. The minimum absolute atomic E-state index is 0.401. The van der Waals surface area contributed by atoms with Gasteiger partial charge in [-0.15, -0.1) is 0 Å². The molecule has 3 N–H and O–H groups in total. The average Bonchev–Trinajstić information content (AvgIpc) is 2.71. The molecule has 0 amide bonds. The largest absolute Gasteiger partial charge is 0.489 e. The predicted octanol–water partition coefficient (Wildman–Crippen LogP) is 1.63. The van der Waals surface area contributed by atoms with Gasteiger partial charge in [0.25, 0.3) is 0 Å². The Balaban J connectivity index is 2.18. The van der Waals surface area contributed by atoms with E-state index in [1.165, 1.54) is 0 Å². The zero-order valence-electron chi connectivity index (χ0n) is 10.2. The van der Waals surface area contributed by atoms with Crippen LogP contribution in [0.15, 0.2) is 18.2 Å². The quantitative estimate of drug-likeness (QED) is 0.800. The van der Waals surface area contributed by atoms with Gasteiger partial charge in [-0.05, 0) is 12.1 Å². The molecule has 6 heteroatoms. The highest BCUT2D eigenvalue weighted by atomic mass is 16.5. The number of ether oxygens (including phenoxy) is 2. The van der Waals surface area contributed by atoms with Crippen LogP contribution in [0.3, 0.4) is 0 Å². The van der Waals surface area contributed by atoms with Crippen LogP contribution < -0.4 is 15.2 Å². The van der Waals surface area contributed by atoms with E-state index in [-0.39, 0.29) is 0 Å². The van der Waals surface area contributed by atoms with Crippen molar-refractivity contribution in [3.63, 3.8) is 0 Å². The van der Waals surface area contributed by atoms with Gasteiger partial charge in [-0.2, -0.15) is 5.10 Å². The summed E-state index contributed by atoms with van der Waals surface area (Å²) in [5, 5.41) is 6.73. The molecule has 1 aliphatic heterocycles. The highest BCUT2D eigenvalue weighted by molar-refractivity contribution is 5.86. The fraction of sp³-hybridized carbons (Fsp3) is 0.231. The maximum absolute atomic E-state index is 11.1. The Morgan fingerprint density at radius 3 is 2.74 bits per heavy atom. The van der Waals surface area contributed by atoms with E-state index in [1.807, 2.05) is 0 Å². The van der Waals surface area contributed by atoms with E-state index in [0.717, 1.165) is 24.0 Å². The molecular formula is C13H13N3O3. The Bertz CT molecular complexity index is 622. The van der Waals surface area contributed by atoms with E-state index in [2.05, 4.69) is 10.2 Å². The first-order valence-corrected chi connectivity index (χ1v) is 5.98. The first-order chi connectivity index (χ1) is 9.29. The van der Waals surface area contributed by atoms with Crippen molar-refractivity contribution in [3.8, 4) is 22.8 Å². The van der Waals surface area contributed by atoms with Crippen LogP contribution in [0.5, 0.6) is 11.5 Å². The second-order valence-corrected chi connectivity index (χ2v) is 4.24. The number of carbonyl (C=O) groups is 1. The van der Waals surface area contributed by atoms with Crippen molar-refractivity contribution in [2.45, 2.75) is 6.42 Å². The highest BCUT2D eigenvalue weighted by Gasteiger charge is 2.20. The summed E-state index contributed by atoms with van der Waals surface area (Å²) in [6.45, 7) is 1.08. The molecule has 0 radical (unpaired) electrons. The first-order valence-electron chi connectivity index (χ1n) is 5.98. The van der Waals surface area contributed by atoms with E-state index in [4.69, 9.17) is 15.2 Å². The van der Waals surface area contributed by atoms with Crippen LogP contribution in [-0.2, 0) is 0 Å². The number of aromatic nitrogens is 2. The van der Waals surface area contributed by atoms with Crippen molar-refractivity contribution in [2.75, 3.05) is 18.9 Å². The van der Waals surface area contributed by atoms with Gasteiger partial charge in [0.2, 0.25) is 0 Å². The predicted molar refractivity (Wildman–Crippen MR) is 69.4 cm³/mol. The van der Waals surface area contributed by atoms with E-state index >= 15 is 0 Å². The Morgan fingerprint density at radius 1 is 1.26 bits per heavy atom. The zero-order valence-corrected chi connectivity index (χ0v) is 10.2. The number of nitrogens with zero attached hydrogens (tertiary/aromatic N) is 1. The number of aldehydes is 1. The average molecular weight is 259 g/mol. The molecule has 3 rings (SSSR count). The van der Waals surface area contributed by atoms with Crippen molar-refractivity contribution in [1.29, 1.82) is 0 Å². The number of nitrogens with one attached hydrogen (secondary N) is 1. The molecule has 1 aliphatic rings. The molecule has 0 spiro atoms. The number of benzene rings is 1. The third-order valence-corrected chi connectivity index (χ3v) is 2.94. The third kappa shape index (κ3) is 2.01. The molecule has 2 aromatic rings. The molecule has 2 heterocycles. The van der Waals surface area contributed by atoms with Crippen LogP contribution in [0.4, 0.5) is 5.82 Å². The Hall–Kier alpha value is -2.50. The molecule has 0 saturated heterocycles. The lowest BCUT2D eigenvalue weighted by atomic mass is 10.1. The zero-order chi connectivity index (χ0) is 13.2. The van der Waals surface area contributed by atoms with Gasteiger partial charge in [0.05, 0.1) is 24.5 Å². The van der Waals surface area contributed by atoms with Crippen LogP contribution in [-0.4, -0.2) is 29.7 Å². The van der Waals surface area contributed by atoms with Gasteiger partial charge >= 0.3 is 0 Å². The Morgan fingerprint density at radius 2 is 2.05 bits per heavy atom. The van der Waals surface area contributed by atoms with Gasteiger partial charge < -0.3 is 15.2 Å². The number of nitrogens with two attached hydrogens (primary N) is 1. The van der Waals surface area contributed by atoms with Crippen LogP contribution in [0.1, 0.15) is 16.8 Å². The second kappa shape index (κ2) is 4.64. The van der Waals surface area contributed by atoms with Gasteiger partial charge in [0.1, 0.15) is 5.82 Å². The number of H-pyrrole nitrogens is 1. The second-order valence-electron chi connectivity index (χ2n) is 4.24. The monoisotopic (exact) mass is 259 g/mol. The van der Waals surface area contributed by atoms with Gasteiger partial charge in [-0.3, -0.25) is 9.89 Å².